The molecule has 0 unspecified atom stereocenters. The van der Waals surface area contributed by atoms with Gasteiger partial charge in [-0.15, -0.1) is 5.10 Å². The summed E-state index contributed by atoms with van der Waals surface area (Å²) in [6.45, 7) is 0. The smallest absolute Gasteiger partial charge is 0.258 e. The Balaban J connectivity index is 1.99. The van der Waals surface area contributed by atoms with Gasteiger partial charge >= 0.3 is 0 Å². The van der Waals surface area contributed by atoms with Gasteiger partial charge in [-0.05, 0) is 23.9 Å². The lowest BCUT2D eigenvalue weighted by atomic mass is 10.3. The third kappa shape index (κ3) is 2.25. The summed E-state index contributed by atoms with van der Waals surface area (Å²) >= 11 is 1.14. The van der Waals surface area contributed by atoms with Crippen molar-refractivity contribution in [3.8, 4) is 0 Å². The van der Waals surface area contributed by atoms with Gasteiger partial charge in [0.2, 0.25) is 5.16 Å². The van der Waals surface area contributed by atoms with Crippen molar-refractivity contribution >= 4 is 23.2 Å². The van der Waals surface area contributed by atoms with Gasteiger partial charge in [-0.1, -0.05) is 12.1 Å². The molecule has 0 radical (unpaired) electrons. The van der Waals surface area contributed by atoms with Gasteiger partial charge in [0.1, 0.15) is 0 Å². The molecule has 0 saturated carbocycles. The van der Waals surface area contributed by atoms with Crippen LogP contribution in [0.5, 0.6) is 0 Å². The van der Waals surface area contributed by atoms with Crippen LogP contribution in [0.25, 0.3) is 5.78 Å². The molecule has 2 heterocycles. The molecule has 0 N–H and O–H groups in total. The number of hydrogen-bond acceptors (Lipinski definition) is 6. The third-order valence-corrected chi connectivity index (χ3v) is 3.28. The molecule has 3 rings (SSSR count). The molecule has 19 heavy (non-hydrogen) atoms. The first-order chi connectivity index (χ1) is 9.24. The van der Waals surface area contributed by atoms with E-state index in [4.69, 9.17) is 0 Å². The van der Waals surface area contributed by atoms with Crippen LogP contribution in [0.15, 0.2) is 52.8 Å². The lowest BCUT2D eigenvalue weighted by molar-refractivity contribution is -0.387. The molecule has 0 saturated heterocycles. The van der Waals surface area contributed by atoms with Crippen molar-refractivity contribution in [2.24, 2.45) is 0 Å². The lowest BCUT2D eigenvalue weighted by Gasteiger charge is -1.98. The Kier molecular flexibility index (Phi) is 2.84. The Morgan fingerprint density at radius 2 is 2.11 bits per heavy atom. The number of rotatable bonds is 3. The monoisotopic (exact) mass is 273 g/mol. The van der Waals surface area contributed by atoms with Crippen molar-refractivity contribution in [3.63, 3.8) is 0 Å². The van der Waals surface area contributed by atoms with E-state index in [2.05, 4.69) is 15.1 Å². The zero-order valence-electron chi connectivity index (χ0n) is 9.50. The highest BCUT2D eigenvalue weighted by Crippen LogP contribution is 2.32. The van der Waals surface area contributed by atoms with Crippen LogP contribution < -0.4 is 0 Å². The molecule has 0 spiro atoms. The second kappa shape index (κ2) is 4.65. The fourth-order valence-electron chi connectivity index (χ4n) is 1.55. The fraction of sp³-hybridized carbons (Fsp3) is 0. The average molecular weight is 273 g/mol. The fourth-order valence-corrected chi connectivity index (χ4v) is 2.40. The van der Waals surface area contributed by atoms with Gasteiger partial charge in [0.05, 0.1) is 9.82 Å². The summed E-state index contributed by atoms with van der Waals surface area (Å²) in [7, 11) is 0. The van der Waals surface area contributed by atoms with Crippen molar-refractivity contribution in [1.29, 1.82) is 0 Å². The van der Waals surface area contributed by atoms with Crippen LogP contribution in [0.2, 0.25) is 0 Å². The van der Waals surface area contributed by atoms with E-state index in [9.17, 15) is 10.1 Å². The molecule has 7 nitrogen and oxygen atoms in total. The van der Waals surface area contributed by atoms with Crippen molar-refractivity contribution in [3.05, 3.63) is 52.8 Å². The summed E-state index contributed by atoms with van der Waals surface area (Å²) in [5.74, 6) is 0.462. The first-order valence-electron chi connectivity index (χ1n) is 5.33. The topological polar surface area (TPSA) is 86.2 Å². The predicted octanol–water partition coefficient (Wildman–Crippen LogP) is 2.18. The molecule has 8 heteroatoms. The Labute approximate surface area is 111 Å². The van der Waals surface area contributed by atoms with E-state index in [1.165, 1.54) is 10.6 Å². The van der Waals surface area contributed by atoms with E-state index in [1.807, 2.05) is 0 Å². The molecule has 0 amide bonds. The number of aromatic nitrogens is 4. The van der Waals surface area contributed by atoms with Crippen LogP contribution in [-0.2, 0) is 0 Å². The minimum atomic E-state index is -0.420. The van der Waals surface area contributed by atoms with Crippen LogP contribution in [0.1, 0.15) is 0 Å². The van der Waals surface area contributed by atoms with Crippen LogP contribution in [0.4, 0.5) is 5.69 Å². The maximum absolute atomic E-state index is 10.9. The third-order valence-electron chi connectivity index (χ3n) is 2.36. The van der Waals surface area contributed by atoms with E-state index in [0.717, 1.165) is 11.8 Å². The summed E-state index contributed by atoms with van der Waals surface area (Å²) in [4.78, 5) is 19.2. The van der Waals surface area contributed by atoms with Gasteiger partial charge in [-0.2, -0.15) is 4.98 Å². The molecule has 0 aliphatic heterocycles. The minimum absolute atomic E-state index is 0.0410. The summed E-state index contributed by atoms with van der Waals surface area (Å²) in [5, 5.41) is 15.5. The van der Waals surface area contributed by atoms with Gasteiger partial charge in [-0.25, -0.2) is 9.50 Å². The van der Waals surface area contributed by atoms with E-state index in [0.29, 0.717) is 15.8 Å². The maximum Gasteiger partial charge on any atom is 0.283 e. The Bertz CT molecular complexity index is 724. The second-order valence-corrected chi connectivity index (χ2v) is 4.59. The van der Waals surface area contributed by atoms with Gasteiger partial charge in [-0.3, -0.25) is 10.1 Å². The van der Waals surface area contributed by atoms with Crippen LogP contribution in [0.3, 0.4) is 0 Å². The number of nitrogens with zero attached hydrogens (tertiary/aromatic N) is 5. The Hall–Kier alpha value is -2.48. The van der Waals surface area contributed by atoms with Gasteiger partial charge < -0.3 is 0 Å². The predicted molar refractivity (Wildman–Crippen MR) is 68.0 cm³/mol. The molecule has 0 aliphatic rings. The molecule has 1 aromatic carbocycles. The van der Waals surface area contributed by atoms with Gasteiger partial charge in [0.25, 0.3) is 11.5 Å². The molecular weight excluding hydrogens is 266 g/mol. The number of nitro groups is 1. The SMILES string of the molecule is O=[N+]([O-])c1ccccc1Sc1nc2ncccn2n1. The van der Waals surface area contributed by atoms with E-state index in [-0.39, 0.29) is 5.69 Å². The van der Waals surface area contributed by atoms with Crippen molar-refractivity contribution in [2.75, 3.05) is 0 Å². The molecule has 94 valence electrons. The quantitative estimate of drug-likeness (QED) is 0.537. The van der Waals surface area contributed by atoms with Gasteiger partial charge in [0, 0.05) is 18.5 Å². The Morgan fingerprint density at radius 1 is 1.26 bits per heavy atom. The largest absolute Gasteiger partial charge is 0.283 e. The summed E-state index contributed by atoms with van der Waals surface area (Å²) in [5.41, 5.74) is 0.0410. The molecule has 0 aliphatic carbocycles. The van der Waals surface area contributed by atoms with Crippen molar-refractivity contribution < 1.29 is 4.92 Å². The van der Waals surface area contributed by atoms with E-state index in [1.54, 1.807) is 36.7 Å². The van der Waals surface area contributed by atoms with Crippen LogP contribution in [-0.4, -0.2) is 24.5 Å². The lowest BCUT2D eigenvalue weighted by Crippen LogP contribution is -1.90. The van der Waals surface area contributed by atoms with Gasteiger partial charge in [0.15, 0.2) is 0 Å². The van der Waals surface area contributed by atoms with E-state index < -0.39 is 4.92 Å². The summed E-state index contributed by atoms with van der Waals surface area (Å²) < 4.78 is 1.52. The van der Waals surface area contributed by atoms with Crippen molar-refractivity contribution in [1.82, 2.24) is 19.6 Å². The highest BCUT2D eigenvalue weighted by atomic mass is 32.2. The number of benzene rings is 1. The van der Waals surface area contributed by atoms with Crippen LogP contribution >= 0.6 is 11.8 Å². The molecule has 0 fully saturated rings. The molecule has 0 bridgehead atoms. The first-order valence-corrected chi connectivity index (χ1v) is 6.14. The molecule has 0 atom stereocenters. The molecule has 3 aromatic rings. The Morgan fingerprint density at radius 3 is 2.89 bits per heavy atom. The van der Waals surface area contributed by atoms with Crippen molar-refractivity contribution in [2.45, 2.75) is 10.1 Å². The molecule has 2 aromatic heterocycles. The van der Waals surface area contributed by atoms with Crippen LogP contribution in [0, 0.1) is 10.1 Å². The maximum atomic E-state index is 10.9. The van der Waals surface area contributed by atoms with E-state index >= 15 is 0 Å². The minimum Gasteiger partial charge on any atom is -0.258 e. The first kappa shape index (κ1) is 11.6. The normalized spacial score (nSPS) is 10.7. The number of hydrogen-bond donors (Lipinski definition) is 0. The standard InChI is InChI=1S/C11H7N5O2S/c17-16(18)8-4-1-2-5-9(8)19-11-13-10-12-6-3-7-15(10)14-11/h1-7H. The summed E-state index contributed by atoms with van der Waals surface area (Å²) in [6, 6.07) is 8.23. The molecular formula is C11H7N5O2S. The average Bonchev–Trinajstić information content (AvgIpc) is 2.81. The zero-order valence-corrected chi connectivity index (χ0v) is 10.3. The summed E-state index contributed by atoms with van der Waals surface area (Å²) in [6.07, 6.45) is 3.34. The second-order valence-electron chi connectivity index (χ2n) is 3.59. The highest BCUT2D eigenvalue weighted by Gasteiger charge is 2.15. The number of fused-ring (bicyclic) bond motifs is 1. The highest BCUT2D eigenvalue weighted by molar-refractivity contribution is 7.99. The zero-order chi connectivity index (χ0) is 13.2. The number of nitro benzene ring substituents is 1. The number of para-hydroxylation sites is 1.